The van der Waals surface area contributed by atoms with Crippen LogP contribution in [0.25, 0.3) is 0 Å². The van der Waals surface area contributed by atoms with Crippen LogP contribution in [-0.4, -0.2) is 6.04 Å². The molecule has 0 radical (unpaired) electrons. The lowest BCUT2D eigenvalue weighted by molar-refractivity contribution is 0.239. The maximum absolute atomic E-state index is 3.92. The van der Waals surface area contributed by atoms with E-state index in [0.717, 1.165) is 17.9 Å². The molecule has 0 spiro atoms. The molecule has 108 valence electrons. The number of thiophene rings is 1. The van der Waals surface area contributed by atoms with Crippen LogP contribution in [0.1, 0.15) is 70.2 Å². The molecule has 1 fully saturated rings. The topological polar surface area (TPSA) is 12.0 Å². The van der Waals surface area contributed by atoms with Crippen molar-refractivity contribution in [1.82, 2.24) is 5.32 Å². The maximum Gasteiger partial charge on any atom is 0.0414 e. The van der Waals surface area contributed by atoms with Gasteiger partial charge in [0.1, 0.15) is 0 Å². The Bertz CT molecular complexity index is 344. The van der Waals surface area contributed by atoms with Gasteiger partial charge in [0.15, 0.2) is 0 Å². The first-order chi connectivity index (χ1) is 9.19. The van der Waals surface area contributed by atoms with Gasteiger partial charge in [-0.15, -0.1) is 11.3 Å². The number of rotatable bonds is 6. The van der Waals surface area contributed by atoms with Crippen LogP contribution in [0.15, 0.2) is 17.5 Å². The van der Waals surface area contributed by atoms with Crippen molar-refractivity contribution in [3.05, 3.63) is 22.4 Å². The molecular formula is C17H29NS. The van der Waals surface area contributed by atoms with Crippen molar-refractivity contribution in [2.45, 2.75) is 71.4 Å². The van der Waals surface area contributed by atoms with E-state index < -0.39 is 0 Å². The monoisotopic (exact) mass is 279 g/mol. The van der Waals surface area contributed by atoms with Gasteiger partial charge >= 0.3 is 0 Å². The summed E-state index contributed by atoms with van der Waals surface area (Å²) in [7, 11) is 0. The fourth-order valence-electron chi connectivity index (χ4n) is 3.50. The summed E-state index contributed by atoms with van der Waals surface area (Å²) in [6.45, 7) is 7.01. The molecule has 0 aliphatic heterocycles. The highest BCUT2D eigenvalue weighted by Gasteiger charge is 2.24. The fourth-order valence-corrected chi connectivity index (χ4v) is 4.37. The standard InChI is InChI=1S/C17H29NS/c1-4-16(17-9-6-10-19-17)18-15-8-5-7-14(12-15)11-13(2)3/h6,9-10,13-16,18H,4-5,7-8,11-12H2,1-3H3. The van der Waals surface area contributed by atoms with E-state index >= 15 is 0 Å². The van der Waals surface area contributed by atoms with Crippen LogP contribution in [0.5, 0.6) is 0 Å². The van der Waals surface area contributed by atoms with E-state index in [2.05, 4.69) is 43.6 Å². The first kappa shape index (κ1) is 15.1. The van der Waals surface area contributed by atoms with Crippen LogP contribution < -0.4 is 5.32 Å². The number of hydrogen-bond acceptors (Lipinski definition) is 2. The molecule has 2 heteroatoms. The minimum absolute atomic E-state index is 0.572. The highest BCUT2D eigenvalue weighted by Crippen LogP contribution is 2.31. The van der Waals surface area contributed by atoms with E-state index in [1.54, 1.807) is 0 Å². The second kappa shape index (κ2) is 7.44. The average molecular weight is 279 g/mol. The van der Waals surface area contributed by atoms with Gasteiger partial charge in [-0.1, -0.05) is 39.7 Å². The van der Waals surface area contributed by atoms with Gasteiger partial charge in [-0.05, 0) is 49.0 Å². The minimum Gasteiger partial charge on any atom is -0.306 e. The summed E-state index contributed by atoms with van der Waals surface area (Å²) in [5.74, 6) is 1.80. The van der Waals surface area contributed by atoms with E-state index in [4.69, 9.17) is 0 Å². The zero-order chi connectivity index (χ0) is 13.7. The Morgan fingerprint density at radius 1 is 1.37 bits per heavy atom. The quantitative estimate of drug-likeness (QED) is 0.735. The third kappa shape index (κ3) is 4.61. The summed E-state index contributed by atoms with van der Waals surface area (Å²) >= 11 is 1.89. The van der Waals surface area contributed by atoms with E-state index in [1.807, 2.05) is 11.3 Å². The summed E-state index contributed by atoms with van der Waals surface area (Å²) in [4.78, 5) is 1.51. The molecule has 0 saturated heterocycles. The molecule has 1 aromatic heterocycles. The summed E-state index contributed by atoms with van der Waals surface area (Å²) in [5.41, 5.74) is 0. The Hall–Kier alpha value is -0.340. The van der Waals surface area contributed by atoms with E-state index in [0.29, 0.717) is 6.04 Å². The Kier molecular flexibility index (Phi) is 5.90. The molecule has 0 bridgehead atoms. The van der Waals surface area contributed by atoms with Gasteiger partial charge in [0.25, 0.3) is 0 Å². The predicted octanol–water partition coefficient (Wildman–Crippen LogP) is 5.39. The molecule has 1 aliphatic carbocycles. The lowest BCUT2D eigenvalue weighted by Gasteiger charge is -2.33. The Balaban J connectivity index is 1.87. The van der Waals surface area contributed by atoms with Crippen molar-refractivity contribution < 1.29 is 0 Å². The van der Waals surface area contributed by atoms with Crippen molar-refractivity contribution in [2.24, 2.45) is 11.8 Å². The molecule has 19 heavy (non-hydrogen) atoms. The van der Waals surface area contributed by atoms with Crippen LogP contribution in [0.4, 0.5) is 0 Å². The molecule has 3 atom stereocenters. The lowest BCUT2D eigenvalue weighted by atomic mass is 9.81. The zero-order valence-corrected chi connectivity index (χ0v) is 13.5. The molecule has 2 rings (SSSR count). The smallest absolute Gasteiger partial charge is 0.0414 e. The van der Waals surface area contributed by atoms with Crippen LogP contribution in [0, 0.1) is 11.8 Å². The third-order valence-corrected chi connectivity index (χ3v) is 5.31. The van der Waals surface area contributed by atoms with Gasteiger partial charge in [-0.2, -0.15) is 0 Å². The average Bonchev–Trinajstić information content (AvgIpc) is 2.89. The Morgan fingerprint density at radius 3 is 2.84 bits per heavy atom. The van der Waals surface area contributed by atoms with Gasteiger partial charge in [0.2, 0.25) is 0 Å². The third-order valence-electron chi connectivity index (χ3n) is 4.32. The van der Waals surface area contributed by atoms with Crippen LogP contribution >= 0.6 is 11.3 Å². The molecule has 1 heterocycles. The van der Waals surface area contributed by atoms with Gasteiger partial charge in [-0.25, -0.2) is 0 Å². The Morgan fingerprint density at radius 2 is 2.21 bits per heavy atom. The second-order valence-electron chi connectivity index (χ2n) is 6.50. The van der Waals surface area contributed by atoms with E-state index in [9.17, 15) is 0 Å². The molecule has 0 amide bonds. The van der Waals surface area contributed by atoms with Gasteiger partial charge in [0, 0.05) is 17.0 Å². The molecule has 1 nitrogen and oxygen atoms in total. The van der Waals surface area contributed by atoms with E-state index in [1.165, 1.54) is 43.4 Å². The van der Waals surface area contributed by atoms with Crippen molar-refractivity contribution in [3.63, 3.8) is 0 Å². The largest absolute Gasteiger partial charge is 0.306 e. The fraction of sp³-hybridized carbons (Fsp3) is 0.765. The van der Waals surface area contributed by atoms with Crippen molar-refractivity contribution in [2.75, 3.05) is 0 Å². The minimum atomic E-state index is 0.572. The molecule has 0 aromatic carbocycles. The van der Waals surface area contributed by atoms with Gasteiger partial charge in [0.05, 0.1) is 0 Å². The summed E-state index contributed by atoms with van der Waals surface area (Å²) in [6, 6.07) is 5.76. The van der Waals surface area contributed by atoms with Gasteiger partial charge in [-0.3, -0.25) is 0 Å². The first-order valence-electron chi connectivity index (χ1n) is 7.98. The lowest BCUT2D eigenvalue weighted by Crippen LogP contribution is -2.36. The molecule has 1 aliphatic rings. The molecule has 1 N–H and O–H groups in total. The summed E-state index contributed by atoms with van der Waals surface area (Å²) < 4.78 is 0. The van der Waals surface area contributed by atoms with Crippen LogP contribution in [0.2, 0.25) is 0 Å². The molecular weight excluding hydrogens is 250 g/mol. The highest BCUT2D eigenvalue weighted by atomic mass is 32.1. The van der Waals surface area contributed by atoms with Crippen molar-refractivity contribution >= 4 is 11.3 Å². The number of nitrogens with one attached hydrogen (secondary N) is 1. The van der Waals surface area contributed by atoms with Crippen molar-refractivity contribution in [1.29, 1.82) is 0 Å². The SMILES string of the molecule is CCC(NC1CCCC(CC(C)C)C1)c1cccs1. The second-order valence-corrected chi connectivity index (χ2v) is 7.48. The number of hydrogen-bond donors (Lipinski definition) is 1. The van der Waals surface area contributed by atoms with Crippen LogP contribution in [0.3, 0.4) is 0 Å². The zero-order valence-electron chi connectivity index (χ0n) is 12.7. The van der Waals surface area contributed by atoms with E-state index in [-0.39, 0.29) is 0 Å². The predicted molar refractivity (Wildman–Crippen MR) is 85.7 cm³/mol. The molecule has 1 aromatic rings. The Labute approximate surface area is 122 Å². The normalized spacial score (nSPS) is 25.7. The van der Waals surface area contributed by atoms with Crippen LogP contribution in [-0.2, 0) is 0 Å². The van der Waals surface area contributed by atoms with Crippen molar-refractivity contribution in [3.8, 4) is 0 Å². The summed E-state index contributed by atoms with van der Waals surface area (Å²) in [5, 5.41) is 6.12. The first-order valence-corrected chi connectivity index (χ1v) is 8.86. The molecule has 1 saturated carbocycles. The highest BCUT2D eigenvalue weighted by molar-refractivity contribution is 7.10. The molecule has 3 unspecified atom stereocenters. The summed E-state index contributed by atoms with van der Waals surface area (Å²) in [6.07, 6.45) is 8.23. The maximum atomic E-state index is 3.92. The van der Waals surface area contributed by atoms with Gasteiger partial charge < -0.3 is 5.32 Å².